The van der Waals surface area contributed by atoms with Gasteiger partial charge in [-0.2, -0.15) is 0 Å². The molecule has 0 aliphatic carbocycles. The molecule has 3 aromatic carbocycles. The number of benzene rings is 3. The molecule has 1 aliphatic rings. The summed E-state index contributed by atoms with van der Waals surface area (Å²) in [5.41, 5.74) is 6.36. The zero-order valence-electron chi connectivity index (χ0n) is 22.8. The molecule has 42 heavy (non-hydrogen) atoms. The summed E-state index contributed by atoms with van der Waals surface area (Å²) in [7, 11) is 0. The molecule has 2 aromatic heterocycles. The van der Waals surface area contributed by atoms with Gasteiger partial charge in [0.25, 0.3) is 5.69 Å². The Hall–Kier alpha value is -4.18. The van der Waals surface area contributed by atoms with E-state index in [-0.39, 0.29) is 17.8 Å². The SMILES string of the molecule is Cc1cc(C2C(c3ccccn3)NC(=S)N2c2ccc(Sc3ccc([N+](=O)[O-])cc3)cc2)c(C)n1-c1ccc(Cl)cc1. The Morgan fingerprint density at radius 1 is 0.929 bits per heavy atom. The lowest BCUT2D eigenvalue weighted by molar-refractivity contribution is -0.384. The third-order valence-electron chi connectivity index (χ3n) is 7.37. The van der Waals surface area contributed by atoms with Crippen molar-refractivity contribution >= 4 is 52.1 Å². The Labute approximate surface area is 258 Å². The van der Waals surface area contributed by atoms with Crippen LogP contribution < -0.4 is 10.2 Å². The van der Waals surface area contributed by atoms with Crippen molar-refractivity contribution in [3.8, 4) is 5.69 Å². The van der Waals surface area contributed by atoms with E-state index in [2.05, 4.69) is 51.8 Å². The normalized spacial score (nSPS) is 16.5. The Morgan fingerprint density at radius 3 is 2.19 bits per heavy atom. The van der Waals surface area contributed by atoms with Crippen LogP contribution in [0.1, 0.15) is 34.7 Å². The first-order valence-corrected chi connectivity index (χ1v) is 14.9. The molecule has 3 heterocycles. The van der Waals surface area contributed by atoms with E-state index in [1.807, 2.05) is 54.6 Å². The molecule has 0 bridgehead atoms. The fraction of sp³-hybridized carbons (Fsp3) is 0.125. The second-order valence-corrected chi connectivity index (χ2v) is 12.0. The van der Waals surface area contributed by atoms with Crippen molar-refractivity contribution in [2.45, 2.75) is 35.7 Å². The Bertz CT molecular complexity index is 1760. The summed E-state index contributed by atoms with van der Waals surface area (Å²) in [5, 5.41) is 15.9. The Kier molecular flexibility index (Phi) is 7.72. The highest BCUT2D eigenvalue weighted by atomic mass is 35.5. The summed E-state index contributed by atoms with van der Waals surface area (Å²) < 4.78 is 2.24. The van der Waals surface area contributed by atoms with E-state index in [0.717, 1.165) is 43.8 Å². The number of aryl methyl sites for hydroxylation is 1. The second-order valence-electron chi connectivity index (χ2n) is 9.98. The minimum Gasteiger partial charge on any atom is -0.351 e. The quantitative estimate of drug-likeness (QED) is 0.112. The van der Waals surface area contributed by atoms with Gasteiger partial charge in [0.1, 0.15) is 0 Å². The summed E-state index contributed by atoms with van der Waals surface area (Å²) in [6, 6.07) is 30.5. The van der Waals surface area contributed by atoms with Crippen LogP contribution in [-0.2, 0) is 0 Å². The summed E-state index contributed by atoms with van der Waals surface area (Å²) in [6.45, 7) is 4.24. The first kappa shape index (κ1) is 28.0. The number of hydrogen-bond donors (Lipinski definition) is 1. The topological polar surface area (TPSA) is 76.2 Å². The maximum Gasteiger partial charge on any atom is 0.269 e. The minimum absolute atomic E-state index is 0.0775. The second kappa shape index (κ2) is 11.6. The maximum atomic E-state index is 11.0. The first-order valence-electron chi connectivity index (χ1n) is 13.3. The van der Waals surface area contributed by atoms with Crippen LogP contribution in [0.2, 0.25) is 5.02 Å². The molecule has 2 unspecified atom stereocenters. The van der Waals surface area contributed by atoms with Crippen molar-refractivity contribution in [1.29, 1.82) is 0 Å². The van der Waals surface area contributed by atoms with E-state index >= 15 is 0 Å². The monoisotopic (exact) mass is 611 g/mol. The van der Waals surface area contributed by atoms with E-state index < -0.39 is 4.92 Å². The summed E-state index contributed by atoms with van der Waals surface area (Å²) in [6.07, 6.45) is 1.81. The van der Waals surface area contributed by atoms with E-state index in [1.54, 1.807) is 30.1 Å². The van der Waals surface area contributed by atoms with Gasteiger partial charge < -0.3 is 14.8 Å². The molecular formula is C32H26ClN5O2S2. The van der Waals surface area contributed by atoms with Crippen molar-refractivity contribution in [1.82, 2.24) is 14.9 Å². The van der Waals surface area contributed by atoms with Gasteiger partial charge in [0.2, 0.25) is 0 Å². The first-order chi connectivity index (χ1) is 20.3. The standard InChI is InChI=1S/C32H26ClN5O2S2/c1-20-19-28(21(2)36(20)23-8-6-22(33)7-9-23)31-30(29-5-3-4-18-34-29)35-32(41)37(31)24-10-14-26(15-11-24)42-27-16-12-25(13-17-27)38(39)40/h3-19,30-31H,1-2H3,(H,35,41). The number of rotatable bonds is 7. The molecule has 1 fully saturated rings. The van der Waals surface area contributed by atoms with E-state index in [0.29, 0.717) is 10.1 Å². The number of hydrogen-bond acceptors (Lipinski definition) is 5. The third-order valence-corrected chi connectivity index (χ3v) is 8.95. The molecule has 0 amide bonds. The molecule has 6 rings (SSSR count). The number of pyridine rings is 1. The number of nitro groups is 1. The van der Waals surface area contributed by atoms with E-state index in [4.69, 9.17) is 23.8 Å². The van der Waals surface area contributed by atoms with Gasteiger partial charge in [0, 0.05) is 55.9 Å². The van der Waals surface area contributed by atoms with Crippen LogP contribution in [0.5, 0.6) is 0 Å². The molecule has 210 valence electrons. The predicted octanol–water partition coefficient (Wildman–Crippen LogP) is 8.38. The molecule has 2 atom stereocenters. The largest absolute Gasteiger partial charge is 0.351 e. The van der Waals surface area contributed by atoms with E-state index in [9.17, 15) is 10.1 Å². The van der Waals surface area contributed by atoms with Gasteiger partial charge in [-0.25, -0.2) is 0 Å². The minimum atomic E-state index is -0.391. The number of aromatic nitrogens is 2. The molecule has 1 aliphatic heterocycles. The zero-order chi connectivity index (χ0) is 29.4. The molecule has 1 saturated heterocycles. The lowest BCUT2D eigenvalue weighted by atomic mass is 9.96. The summed E-state index contributed by atoms with van der Waals surface area (Å²) >= 11 is 13.7. The van der Waals surface area contributed by atoms with Crippen molar-refractivity contribution in [2.75, 3.05) is 4.90 Å². The molecule has 10 heteroatoms. The highest BCUT2D eigenvalue weighted by Crippen LogP contribution is 2.44. The molecule has 1 N–H and O–H groups in total. The van der Waals surface area contributed by atoms with Crippen LogP contribution in [0, 0.1) is 24.0 Å². The van der Waals surface area contributed by atoms with Crippen molar-refractivity contribution in [3.05, 3.63) is 141 Å². The van der Waals surface area contributed by atoms with Gasteiger partial charge in [0.05, 0.1) is 22.7 Å². The average molecular weight is 612 g/mol. The van der Waals surface area contributed by atoms with Gasteiger partial charge >= 0.3 is 0 Å². The molecule has 0 saturated carbocycles. The number of halogens is 1. The van der Waals surface area contributed by atoms with Crippen LogP contribution in [0.4, 0.5) is 11.4 Å². The van der Waals surface area contributed by atoms with Crippen LogP contribution in [0.25, 0.3) is 5.69 Å². The fourth-order valence-electron chi connectivity index (χ4n) is 5.47. The van der Waals surface area contributed by atoms with Gasteiger partial charge in [-0.3, -0.25) is 15.1 Å². The molecule has 0 radical (unpaired) electrons. The van der Waals surface area contributed by atoms with Crippen molar-refractivity contribution < 1.29 is 4.92 Å². The van der Waals surface area contributed by atoms with Crippen molar-refractivity contribution in [3.63, 3.8) is 0 Å². The van der Waals surface area contributed by atoms with Crippen LogP contribution in [0.15, 0.2) is 113 Å². The van der Waals surface area contributed by atoms with Gasteiger partial charge in [0.15, 0.2) is 5.11 Å². The maximum absolute atomic E-state index is 11.0. The number of nitrogens with one attached hydrogen (secondary N) is 1. The predicted molar refractivity (Wildman–Crippen MR) is 172 cm³/mol. The van der Waals surface area contributed by atoms with Crippen LogP contribution in [0.3, 0.4) is 0 Å². The number of nitro benzene ring substituents is 1. The van der Waals surface area contributed by atoms with Gasteiger partial charge in [-0.15, -0.1) is 0 Å². The highest BCUT2D eigenvalue weighted by Gasteiger charge is 2.42. The average Bonchev–Trinajstić information content (AvgIpc) is 3.49. The zero-order valence-corrected chi connectivity index (χ0v) is 25.2. The number of anilines is 1. The fourth-order valence-corrected chi connectivity index (χ4v) is 6.76. The lowest BCUT2D eigenvalue weighted by Crippen LogP contribution is -2.29. The lowest BCUT2D eigenvalue weighted by Gasteiger charge is -2.28. The molecule has 7 nitrogen and oxygen atoms in total. The highest BCUT2D eigenvalue weighted by molar-refractivity contribution is 7.99. The van der Waals surface area contributed by atoms with Crippen molar-refractivity contribution in [2.24, 2.45) is 0 Å². The Balaban J connectivity index is 1.37. The summed E-state index contributed by atoms with van der Waals surface area (Å²) in [4.78, 5) is 19.4. The number of nitrogens with zero attached hydrogens (tertiary/aromatic N) is 4. The number of non-ortho nitro benzene ring substituents is 1. The van der Waals surface area contributed by atoms with Gasteiger partial charge in [-0.05, 0) is 110 Å². The summed E-state index contributed by atoms with van der Waals surface area (Å²) in [5.74, 6) is 0. The van der Waals surface area contributed by atoms with Gasteiger partial charge in [-0.1, -0.05) is 29.4 Å². The number of thiocarbonyl (C=S) groups is 1. The Morgan fingerprint density at radius 2 is 1.57 bits per heavy atom. The van der Waals surface area contributed by atoms with Crippen LogP contribution >= 0.6 is 35.6 Å². The molecular weight excluding hydrogens is 586 g/mol. The molecule has 5 aromatic rings. The van der Waals surface area contributed by atoms with Crippen LogP contribution in [-0.4, -0.2) is 19.6 Å². The smallest absolute Gasteiger partial charge is 0.269 e. The molecule has 0 spiro atoms. The van der Waals surface area contributed by atoms with E-state index in [1.165, 1.54) is 12.1 Å². The third kappa shape index (κ3) is 5.38.